The number of rotatable bonds is 3. The Morgan fingerprint density at radius 2 is 1.84 bits per heavy atom. The van der Waals surface area contributed by atoms with Crippen molar-refractivity contribution in [1.82, 2.24) is 5.32 Å². The lowest BCUT2D eigenvalue weighted by Gasteiger charge is -2.24. The first-order valence-electron chi connectivity index (χ1n) is 10.2. The predicted molar refractivity (Wildman–Crippen MR) is 121 cm³/mol. The number of aliphatic imine (C=N–C) groups is 1. The Labute approximate surface area is 188 Å². The van der Waals surface area contributed by atoms with Gasteiger partial charge in [-0.1, -0.05) is 54.2 Å². The number of carbonyl (C=O) groups excluding carboxylic acids is 1. The molecule has 1 aliphatic carbocycles. The Kier molecular flexibility index (Phi) is 4.50. The fourth-order valence-electron chi connectivity index (χ4n) is 4.20. The molecule has 0 fully saturated rings. The van der Waals surface area contributed by atoms with Gasteiger partial charge in [0.1, 0.15) is 11.9 Å². The van der Waals surface area contributed by atoms with Crippen LogP contribution in [0.1, 0.15) is 33.1 Å². The average molecular weight is 444 g/mol. The number of ether oxygens (including phenoxy) is 2. The first-order valence-corrected chi connectivity index (χ1v) is 11.2. The van der Waals surface area contributed by atoms with Crippen LogP contribution in [-0.4, -0.2) is 17.7 Å². The number of fused-ring (bicyclic) bond motifs is 3. The molecular weight excluding hydrogens is 427 g/mol. The molecule has 158 valence electrons. The SMILES string of the molecule is O=C1C2=C(NC(SCc3cccc(F)c3)=N[C@H]2c2ccc3c(c2)OCO3)c2ccccc21. The number of ketones is 1. The van der Waals surface area contributed by atoms with Gasteiger partial charge in [-0.05, 0) is 35.4 Å². The summed E-state index contributed by atoms with van der Waals surface area (Å²) in [6, 6.07) is 19.3. The Bertz CT molecular complexity index is 1330. The van der Waals surface area contributed by atoms with Crippen LogP contribution in [0.25, 0.3) is 5.70 Å². The van der Waals surface area contributed by atoms with E-state index in [-0.39, 0.29) is 18.4 Å². The summed E-state index contributed by atoms with van der Waals surface area (Å²) in [5, 5.41) is 4.04. The van der Waals surface area contributed by atoms with Gasteiger partial charge < -0.3 is 14.8 Å². The number of Topliss-reactive ketones (excluding diaryl/α,β-unsaturated/α-hetero) is 1. The zero-order valence-corrected chi connectivity index (χ0v) is 17.6. The van der Waals surface area contributed by atoms with Crippen molar-refractivity contribution in [1.29, 1.82) is 0 Å². The summed E-state index contributed by atoms with van der Waals surface area (Å²) in [6.45, 7) is 0.182. The number of thioether (sulfide) groups is 1. The van der Waals surface area contributed by atoms with Crippen LogP contribution in [0.2, 0.25) is 0 Å². The molecule has 1 atom stereocenters. The van der Waals surface area contributed by atoms with Gasteiger partial charge in [-0.15, -0.1) is 0 Å². The molecule has 3 aromatic carbocycles. The van der Waals surface area contributed by atoms with Crippen molar-refractivity contribution in [3.63, 3.8) is 0 Å². The monoisotopic (exact) mass is 444 g/mol. The second kappa shape index (κ2) is 7.53. The molecule has 0 radical (unpaired) electrons. The van der Waals surface area contributed by atoms with Gasteiger partial charge in [0, 0.05) is 16.9 Å². The van der Waals surface area contributed by atoms with Gasteiger partial charge in [0.15, 0.2) is 22.4 Å². The van der Waals surface area contributed by atoms with E-state index in [1.54, 1.807) is 6.07 Å². The van der Waals surface area contributed by atoms with Crippen molar-refractivity contribution >= 4 is 28.4 Å². The van der Waals surface area contributed by atoms with Crippen LogP contribution < -0.4 is 14.8 Å². The maximum atomic E-state index is 13.6. The summed E-state index contributed by atoms with van der Waals surface area (Å²) in [7, 11) is 0. The van der Waals surface area contributed by atoms with Crippen LogP contribution in [-0.2, 0) is 5.75 Å². The lowest BCUT2D eigenvalue weighted by molar-refractivity contribution is 0.103. The lowest BCUT2D eigenvalue weighted by atomic mass is 9.95. The van der Waals surface area contributed by atoms with E-state index in [1.807, 2.05) is 48.5 Å². The third-order valence-electron chi connectivity index (χ3n) is 5.68. The molecule has 6 rings (SSSR count). The normalized spacial score (nSPS) is 18.2. The van der Waals surface area contributed by atoms with Crippen molar-refractivity contribution < 1.29 is 18.7 Å². The van der Waals surface area contributed by atoms with E-state index < -0.39 is 6.04 Å². The molecule has 32 heavy (non-hydrogen) atoms. The highest BCUT2D eigenvalue weighted by atomic mass is 32.2. The summed E-state index contributed by atoms with van der Waals surface area (Å²) in [4.78, 5) is 18.2. The third-order valence-corrected chi connectivity index (χ3v) is 6.64. The van der Waals surface area contributed by atoms with Crippen molar-refractivity contribution in [3.8, 4) is 11.5 Å². The molecule has 5 nitrogen and oxygen atoms in total. The summed E-state index contributed by atoms with van der Waals surface area (Å²) >= 11 is 1.48. The molecule has 0 unspecified atom stereocenters. The topological polar surface area (TPSA) is 59.9 Å². The molecule has 2 heterocycles. The van der Waals surface area contributed by atoms with Gasteiger partial charge in [0.25, 0.3) is 0 Å². The first-order chi connectivity index (χ1) is 15.7. The van der Waals surface area contributed by atoms with Gasteiger partial charge in [-0.2, -0.15) is 0 Å². The standard InChI is InChI=1S/C25H17FN2O3S/c26-16-5-3-4-14(10-16)12-32-25-27-22(15-8-9-19-20(11-15)31-13-30-19)21-23(28-25)17-6-1-2-7-18(17)24(21)29/h1-11,22H,12-13H2,(H,27,28)/t22-/m0/s1. The van der Waals surface area contributed by atoms with Crippen molar-refractivity contribution in [2.24, 2.45) is 4.99 Å². The van der Waals surface area contributed by atoms with E-state index in [1.165, 1.54) is 23.9 Å². The highest BCUT2D eigenvalue weighted by molar-refractivity contribution is 8.13. The summed E-state index contributed by atoms with van der Waals surface area (Å²) in [6.07, 6.45) is 0. The van der Waals surface area contributed by atoms with Crippen molar-refractivity contribution in [2.75, 3.05) is 6.79 Å². The lowest BCUT2D eigenvalue weighted by Crippen LogP contribution is -2.27. The highest BCUT2D eigenvalue weighted by Crippen LogP contribution is 2.45. The number of nitrogens with one attached hydrogen (secondary N) is 1. The fourth-order valence-corrected chi connectivity index (χ4v) is 5.03. The number of hydrogen-bond acceptors (Lipinski definition) is 6. The summed E-state index contributed by atoms with van der Waals surface area (Å²) in [5.41, 5.74) is 4.67. The van der Waals surface area contributed by atoms with Crippen molar-refractivity contribution in [3.05, 3.63) is 100 Å². The van der Waals surface area contributed by atoms with Crippen LogP contribution in [0.3, 0.4) is 0 Å². The molecule has 1 N–H and O–H groups in total. The van der Waals surface area contributed by atoms with E-state index in [2.05, 4.69) is 5.32 Å². The average Bonchev–Trinajstić information content (AvgIpc) is 3.40. The molecule has 7 heteroatoms. The quantitative estimate of drug-likeness (QED) is 0.609. The second-order valence-corrected chi connectivity index (χ2v) is 8.62. The molecule has 0 bridgehead atoms. The van der Waals surface area contributed by atoms with E-state index >= 15 is 0 Å². The number of carbonyl (C=O) groups is 1. The third kappa shape index (κ3) is 3.17. The minimum absolute atomic E-state index is 0.0244. The van der Waals surface area contributed by atoms with Gasteiger partial charge >= 0.3 is 0 Å². The molecule has 0 saturated heterocycles. The number of amidine groups is 1. The molecular formula is C25H17FN2O3S. The van der Waals surface area contributed by atoms with Gasteiger partial charge in [0.05, 0.1) is 11.3 Å². The van der Waals surface area contributed by atoms with E-state index in [0.717, 1.165) is 22.4 Å². The predicted octanol–water partition coefficient (Wildman–Crippen LogP) is 5.10. The molecule has 3 aliphatic rings. The Morgan fingerprint density at radius 1 is 1.00 bits per heavy atom. The van der Waals surface area contributed by atoms with E-state index in [0.29, 0.717) is 33.6 Å². The van der Waals surface area contributed by atoms with Crippen LogP contribution in [0.5, 0.6) is 11.5 Å². The summed E-state index contributed by atoms with van der Waals surface area (Å²) in [5.74, 6) is 1.59. The van der Waals surface area contributed by atoms with Crippen LogP contribution in [0, 0.1) is 5.82 Å². The smallest absolute Gasteiger partial charge is 0.231 e. The van der Waals surface area contributed by atoms with Gasteiger partial charge in [0.2, 0.25) is 6.79 Å². The maximum Gasteiger partial charge on any atom is 0.231 e. The minimum Gasteiger partial charge on any atom is -0.454 e. The summed E-state index contributed by atoms with van der Waals surface area (Å²) < 4.78 is 24.6. The molecule has 0 spiro atoms. The first kappa shape index (κ1) is 19.1. The number of benzene rings is 3. The molecule has 0 saturated carbocycles. The van der Waals surface area contributed by atoms with Gasteiger partial charge in [-0.3, -0.25) is 4.79 Å². The van der Waals surface area contributed by atoms with Crippen LogP contribution >= 0.6 is 11.8 Å². The zero-order chi connectivity index (χ0) is 21.7. The van der Waals surface area contributed by atoms with Crippen LogP contribution in [0.4, 0.5) is 4.39 Å². The molecule has 0 aromatic heterocycles. The number of hydrogen-bond donors (Lipinski definition) is 1. The highest BCUT2D eigenvalue weighted by Gasteiger charge is 2.38. The fraction of sp³-hybridized carbons (Fsp3) is 0.120. The van der Waals surface area contributed by atoms with E-state index in [9.17, 15) is 9.18 Å². The number of nitrogens with zero attached hydrogens (tertiary/aromatic N) is 1. The second-order valence-electron chi connectivity index (χ2n) is 7.66. The largest absolute Gasteiger partial charge is 0.454 e. The Hall–Kier alpha value is -3.58. The van der Waals surface area contributed by atoms with E-state index in [4.69, 9.17) is 14.5 Å². The maximum absolute atomic E-state index is 13.6. The van der Waals surface area contributed by atoms with Crippen molar-refractivity contribution in [2.45, 2.75) is 11.8 Å². The molecule has 3 aromatic rings. The van der Waals surface area contributed by atoms with Gasteiger partial charge in [-0.25, -0.2) is 9.38 Å². The zero-order valence-electron chi connectivity index (χ0n) is 16.8. The Morgan fingerprint density at radius 3 is 2.72 bits per heavy atom. The number of halogens is 1. The Balaban J connectivity index is 1.39. The van der Waals surface area contributed by atoms with Crippen LogP contribution in [0.15, 0.2) is 77.3 Å². The minimum atomic E-state index is -0.476. The molecule has 0 amide bonds. The molecule has 2 aliphatic heterocycles.